The lowest BCUT2D eigenvalue weighted by Gasteiger charge is -2.34. The van der Waals surface area contributed by atoms with Crippen LogP contribution in [0.15, 0.2) is 0 Å². The molecule has 0 aromatic carbocycles. The van der Waals surface area contributed by atoms with Crippen molar-refractivity contribution < 1.29 is 0 Å². The molecule has 0 aliphatic heterocycles. The van der Waals surface area contributed by atoms with Gasteiger partial charge in [-0.1, -0.05) is 38.5 Å². The van der Waals surface area contributed by atoms with Gasteiger partial charge in [-0.05, 0) is 42.9 Å². The van der Waals surface area contributed by atoms with Crippen molar-refractivity contribution in [3.8, 4) is 0 Å². The molecule has 0 radical (unpaired) electrons. The van der Waals surface area contributed by atoms with Crippen LogP contribution in [0.3, 0.4) is 0 Å². The van der Waals surface area contributed by atoms with Gasteiger partial charge in [0, 0.05) is 0 Å². The Labute approximate surface area is 82.1 Å². The molecule has 0 heteroatoms. The zero-order valence-corrected chi connectivity index (χ0v) is 8.67. The Kier molecular flexibility index (Phi) is 2.11. The smallest absolute Gasteiger partial charge is 0.0383 e. The van der Waals surface area contributed by atoms with E-state index in [1.807, 2.05) is 0 Å². The number of fused-ring (bicyclic) bond motifs is 1. The van der Waals surface area contributed by atoms with E-state index < -0.39 is 0 Å². The maximum absolute atomic E-state index is 1.59. The third kappa shape index (κ3) is 1.65. The first kappa shape index (κ1) is 8.32. The van der Waals surface area contributed by atoms with Crippen LogP contribution in [0.25, 0.3) is 0 Å². The zero-order chi connectivity index (χ0) is 8.67. The molecule has 3 rings (SSSR count). The Morgan fingerprint density at radius 3 is 1.69 bits per heavy atom. The van der Waals surface area contributed by atoms with Crippen LogP contribution in [-0.4, -0.2) is 0 Å². The van der Waals surface area contributed by atoms with Crippen LogP contribution in [0.5, 0.6) is 0 Å². The summed E-state index contributed by atoms with van der Waals surface area (Å²) in [5, 5.41) is 0. The molecule has 0 bridgehead atoms. The minimum Gasteiger partial charge on any atom is -0.0528 e. The van der Waals surface area contributed by atoms with Crippen LogP contribution in [0.1, 0.15) is 57.8 Å². The lowest BCUT2D eigenvalue weighted by atomic mass is 9.71. The highest BCUT2D eigenvalue weighted by molar-refractivity contribution is 4.90. The van der Waals surface area contributed by atoms with Gasteiger partial charge in [0.05, 0.1) is 0 Å². The number of hydrogen-bond donors (Lipinski definition) is 0. The number of rotatable bonds is 1. The zero-order valence-electron chi connectivity index (χ0n) is 8.67. The molecule has 0 aromatic rings. The average molecular weight is 178 g/mol. The minimum absolute atomic E-state index is 1.15. The number of hydrogen-bond acceptors (Lipinski definition) is 0. The molecule has 3 aliphatic rings. The van der Waals surface area contributed by atoms with Gasteiger partial charge in [0.25, 0.3) is 0 Å². The van der Waals surface area contributed by atoms with Crippen molar-refractivity contribution >= 4 is 0 Å². The molecule has 3 atom stereocenters. The third-order valence-electron chi connectivity index (χ3n) is 4.94. The van der Waals surface area contributed by atoms with Gasteiger partial charge in [-0.15, -0.1) is 0 Å². The van der Waals surface area contributed by atoms with Crippen LogP contribution >= 0.6 is 0 Å². The molecule has 3 saturated carbocycles. The summed E-state index contributed by atoms with van der Waals surface area (Å²) in [5.41, 5.74) is 0. The lowest BCUT2D eigenvalue weighted by molar-refractivity contribution is 0.171. The molecule has 0 amide bonds. The predicted octanol–water partition coefficient (Wildman–Crippen LogP) is 4.00. The molecule has 3 fully saturated rings. The van der Waals surface area contributed by atoms with Crippen molar-refractivity contribution in [1.29, 1.82) is 0 Å². The molecule has 13 heavy (non-hydrogen) atoms. The summed E-state index contributed by atoms with van der Waals surface area (Å²) in [4.78, 5) is 0. The molecular weight excluding hydrogens is 156 g/mol. The fourth-order valence-corrected chi connectivity index (χ4v) is 3.61. The monoisotopic (exact) mass is 178 g/mol. The summed E-state index contributed by atoms with van der Waals surface area (Å²) in [6.45, 7) is 0. The molecule has 0 aromatic heterocycles. The fourth-order valence-electron chi connectivity index (χ4n) is 3.61. The summed E-state index contributed by atoms with van der Waals surface area (Å²) in [6, 6.07) is 0. The van der Waals surface area contributed by atoms with Gasteiger partial charge in [0.2, 0.25) is 0 Å². The Hall–Kier alpha value is 0. The SMILES string of the molecule is C1CC(C2CCCC3CC3CC2)C1. The minimum atomic E-state index is 1.15. The van der Waals surface area contributed by atoms with Gasteiger partial charge < -0.3 is 0 Å². The standard InChI is InChI=1S/C13H22/c1-3-10(4-1)11-5-2-6-12-9-13(12)8-7-11/h10-13H,1-9H2. The molecule has 3 aliphatic carbocycles. The van der Waals surface area contributed by atoms with Gasteiger partial charge in [-0.25, -0.2) is 0 Å². The van der Waals surface area contributed by atoms with E-state index in [-0.39, 0.29) is 0 Å². The van der Waals surface area contributed by atoms with Crippen molar-refractivity contribution in [2.45, 2.75) is 57.8 Å². The van der Waals surface area contributed by atoms with Gasteiger partial charge in [0.15, 0.2) is 0 Å². The Morgan fingerprint density at radius 2 is 0.923 bits per heavy atom. The summed E-state index contributed by atoms with van der Waals surface area (Å²) < 4.78 is 0. The van der Waals surface area contributed by atoms with E-state index in [1.54, 1.807) is 51.4 Å². The van der Waals surface area contributed by atoms with E-state index in [4.69, 9.17) is 0 Å². The third-order valence-corrected chi connectivity index (χ3v) is 4.94. The molecule has 0 nitrogen and oxygen atoms in total. The molecular formula is C13H22. The van der Waals surface area contributed by atoms with E-state index in [0.29, 0.717) is 0 Å². The van der Waals surface area contributed by atoms with Crippen molar-refractivity contribution in [3.05, 3.63) is 0 Å². The van der Waals surface area contributed by atoms with Crippen LogP contribution in [0.4, 0.5) is 0 Å². The van der Waals surface area contributed by atoms with Gasteiger partial charge >= 0.3 is 0 Å². The van der Waals surface area contributed by atoms with Crippen LogP contribution in [-0.2, 0) is 0 Å². The van der Waals surface area contributed by atoms with Gasteiger partial charge in [-0.2, -0.15) is 0 Å². The lowest BCUT2D eigenvalue weighted by Crippen LogP contribution is -2.22. The maximum Gasteiger partial charge on any atom is -0.0383 e. The van der Waals surface area contributed by atoms with Crippen LogP contribution in [0, 0.1) is 23.7 Å². The molecule has 0 saturated heterocycles. The molecule has 0 N–H and O–H groups in total. The van der Waals surface area contributed by atoms with Crippen molar-refractivity contribution in [2.75, 3.05) is 0 Å². The average Bonchev–Trinajstić information content (AvgIpc) is 2.70. The summed E-state index contributed by atoms with van der Waals surface area (Å²) in [7, 11) is 0. The first-order chi connectivity index (χ1) is 6.43. The molecule has 74 valence electrons. The van der Waals surface area contributed by atoms with E-state index in [0.717, 1.165) is 11.8 Å². The highest BCUT2D eigenvalue weighted by Gasteiger charge is 2.39. The first-order valence-corrected chi connectivity index (χ1v) is 6.43. The fraction of sp³-hybridized carbons (Fsp3) is 1.00. The quantitative estimate of drug-likeness (QED) is 0.569. The summed E-state index contributed by atoms with van der Waals surface area (Å²) in [6.07, 6.45) is 14.2. The van der Waals surface area contributed by atoms with Crippen LogP contribution in [0.2, 0.25) is 0 Å². The summed E-state index contributed by atoms with van der Waals surface area (Å²) >= 11 is 0. The Bertz CT molecular complexity index is 180. The van der Waals surface area contributed by atoms with E-state index in [2.05, 4.69) is 0 Å². The van der Waals surface area contributed by atoms with E-state index in [1.165, 1.54) is 18.3 Å². The van der Waals surface area contributed by atoms with Crippen LogP contribution < -0.4 is 0 Å². The molecule has 0 heterocycles. The largest absolute Gasteiger partial charge is 0.0528 e. The highest BCUT2D eigenvalue weighted by Crippen LogP contribution is 2.50. The first-order valence-electron chi connectivity index (χ1n) is 6.43. The Balaban J connectivity index is 1.55. The Morgan fingerprint density at radius 1 is 0.462 bits per heavy atom. The van der Waals surface area contributed by atoms with Crippen molar-refractivity contribution in [2.24, 2.45) is 23.7 Å². The second kappa shape index (κ2) is 3.29. The maximum atomic E-state index is 1.59. The summed E-state index contributed by atoms with van der Waals surface area (Å²) in [5.74, 6) is 4.68. The molecule has 0 spiro atoms. The van der Waals surface area contributed by atoms with Crippen molar-refractivity contribution in [1.82, 2.24) is 0 Å². The topological polar surface area (TPSA) is 0 Å². The van der Waals surface area contributed by atoms with E-state index in [9.17, 15) is 0 Å². The van der Waals surface area contributed by atoms with Crippen molar-refractivity contribution in [3.63, 3.8) is 0 Å². The van der Waals surface area contributed by atoms with E-state index >= 15 is 0 Å². The van der Waals surface area contributed by atoms with Gasteiger partial charge in [-0.3, -0.25) is 0 Å². The van der Waals surface area contributed by atoms with Gasteiger partial charge in [0.1, 0.15) is 0 Å². The highest BCUT2D eigenvalue weighted by atomic mass is 14.4. The predicted molar refractivity (Wildman–Crippen MR) is 55.5 cm³/mol. The normalized spacial score (nSPS) is 45.7. The second-order valence-electron chi connectivity index (χ2n) is 5.72. The second-order valence-corrected chi connectivity index (χ2v) is 5.72. The molecule has 3 unspecified atom stereocenters.